The third-order valence-electron chi connectivity index (χ3n) is 8.45. The Kier molecular flexibility index (Phi) is 10.2. The van der Waals surface area contributed by atoms with E-state index in [0.717, 1.165) is 0 Å². The molecule has 7 nitrogen and oxygen atoms in total. The lowest BCUT2D eigenvalue weighted by Crippen LogP contribution is -2.50. The van der Waals surface area contributed by atoms with Gasteiger partial charge in [0.25, 0.3) is 0 Å². The quantitative estimate of drug-likeness (QED) is 0.295. The van der Waals surface area contributed by atoms with Gasteiger partial charge in [0.1, 0.15) is 17.9 Å². The molecule has 1 amide bonds. The van der Waals surface area contributed by atoms with Crippen LogP contribution in [0.3, 0.4) is 0 Å². The number of likely N-dealkylation sites (tertiary alicyclic amines) is 1. The lowest BCUT2D eigenvalue weighted by atomic mass is 9.62. The van der Waals surface area contributed by atoms with Crippen molar-refractivity contribution in [1.29, 1.82) is 0 Å². The highest BCUT2D eigenvalue weighted by Gasteiger charge is 2.66. The van der Waals surface area contributed by atoms with Crippen LogP contribution in [0.15, 0.2) is 36.4 Å². The van der Waals surface area contributed by atoms with Crippen molar-refractivity contribution in [3.8, 4) is 0 Å². The Balaban J connectivity index is 0.000000591. The molecule has 0 saturated carbocycles. The second kappa shape index (κ2) is 13.1. The zero-order valence-corrected chi connectivity index (χ0v) is 26.3. The van der Waals surface area contributed by atoms with Crippen LogP contribution in [-0.2, 0) is 19.8 Å². The highest BCUT2D eigenvalue weighted by molar-refractivity contribution is 6.31. The molecule has 1 spiro atoms. The molecular weight excluding hydrogens is 644 g/mol. The first kappa shape index (κ1) is 35.1. The van der Waals surface area contributed by atoms with Crippen molar-refractivity contribution in [2.45, 2.75) is 63.2 Å². The Morgan fingerprint density at radius 2 is 1.76 bits per heavy atom. The summed E-state index contributed by atoms with van der Waals surface area (Å²) in [5, 5.41) is 14.1. The summed E-state index contributed by atoms with van der Waals surface area (Å²) in [5.41, 5.74) is 0.0657. The van der Waals surface area contributed by atoms with Gasteiger partial charge in [0.05, 0.1) is 11.1 Å². The molecule has 3 aliphatic rings. The molecule has 0 aromatic heterocycles. The number of anilines is 1. The number of carboxylic acids is 1. The van der Waals surface area contributed by atoms with Crippen molar-refractivity contribution in [2.75, 3.05) is 31.6 Å². The Morgan fingerprint density at radius 1 is 1.11 bits per heavy atom. The molecule has 14 heteroatoms. The minimum atomic E-state index is -5.08. The summed E-state index contributed by atoms with van der Waals surface area (Å²) in [6.45, 7) is 7.48. The second-order valence-corrected chi connectivity index (χ2v) is 13.7. The molecule has 2 aromatic rings. The molecule has 246 valence electrons. The molecule has 45 heavy (non-hydrogen) atoms. The molecule has 4 atom stereocenters. The fourth-order valence-electron chi connectivity index (χ4n) is 6.72. The zero-order chi connectivity index (χ0) is 33.5. The zero-order valence-electron chi connectivity index (χ0n) is 24.8. The van der Waals surface area contributed by atoms with Crippen molar-refractivity contribution >= 4 is 46.5 Å². The SMILES string of the molecule is CC(C)(C)C[C@H]1N[C@@H](C(=O)CC2CN(CCF)C2)[C@H](c2cccc(Cl)c2F)[C@@]12C(=O)Nc1cc(Cl)ccc12.O=C(O)C(F)(F)F. The van der Waals surface area contributed by atoms with E-state index in [2.05, 4.69) is 31.4 Å². The number of halogens is 7. The van der Waals surface area contributed by atoms with E-state index in [1.54, 1.807) is 24.3 Å². The Labute approximate surface area is 267 Å². The molecule has 0 radical (unpaired) electrons. The smallest absolute Gasteiger partial charge is 0.475 e. The lowest BCUT2D eigenvalue weighted by Gasteiger charge is -2.39. The maximum absolute atomic E-state index is 15.8. The summed E-state index contributed by atoms with van der Waals surface area (Å²) >= 11 is 12.5. The number of carboxylic acid groups (broad SMARTS) is 1. The van der Waals surface area contributed by atoms with Crippen LogP contribution in [0.1, 0.15) is 50.7 Å². The minimum absolute atomic E-state index is 0.0567. The van der Waals surface area contributed by atoms with Crippen LogP contribution >= 0.6 is 23.2 Å². The number of amides is 1. The molecule has 2 fully saturated rings. The number of rotatable bonds is 7. The highest BCUT2D eigenvalue weighted by Crippen LogP contribution is 2.57. The number of hydrogen-bond donors (Lipinski definition) is 3. The van der Waals surface area contributed by atoms with Crippen LogP contribution in [0.5, 0.6) is 0 Å². The van der Waals surface area contributed by atoms with E-state index in [0.29, 0.717) is 42.3 Å². The van der Waals surface area contributed by atoms with E-state index in [1.165, 1.54) is 6.07 Å². The van der Waals surface area contributed by atoms with Crippen LogP contribution in [-0.4, -0.2) is 72.2 Å². The van der Waals surface area contributed by atoms with Gasteiger partial charge in [0, 0.05) is 48.7 Å². The van der Waals surface area contributed by atoms with E-state index in [1.807, 2.05) is 11.0 Å². The number of alkyl halides is 4. The molecule has 0 aliphatic carbocycles. The molecule has 5 rings (SSSR count). The van der Waals surface area contributed by atoms with Gasteiger partial charge >= 0.3 is 12.1 Å². The monoisotopic (exact) mass is 677 g/mol. The number of carbonyl (C=O) groups is 3. The number of fused-ring (bicyclic) bond motifs is 2. The maximum atomic E-state index is 15.8. The molecular formula is C31H34Cl2F5N3O4. The Bertz CT molecular complexity index is 1460. The second-order valence-electron chi connectivity index (χ2n) is 12.9. The van der Waals surface area contributed by atoms with Crippen LogP contribution in [0, 0.1) is 17.2 Å². The van der Waals surface area contributed by atoms with E-state index < -0.39 is 48.1 Å². The van der Waals surface area contributed by atoms with Crippen molar-refractivity contribution in [3.63, 3.8) is 0 Å². The molecule has 3 aliphatic heterocycles. The number of nitrogens with one attached hydrogen (secondary N) is 2. The van der Waals surface area contributed by atoms with E-state index >= 15 is 4.39 Å². The summed E-state index contributed by atoms with van der Waals surface area (Å²) in [7, 11) is 0. The van der Waals surface area contributed by atoms with E-state index in [9.17, 15) is 27.2 Å². The Hall–Kier alpha value is -2.80. The van der Waals surface area contributed by atoms with Crippen LogP contribution in [0.2, 0.25) is 10.0 Å². The van der Waals surface area contributed by atoms with Gasteiger partial charge in [-0.15, -0.1) is 0 Å². The van der Waals surface area contributed by atoms with Gasteiger partial charge in [0.15, 0.2) is 5.78 Å². The first-order chi connectivity index (χ1) is 20.9. The minimum Gasteiger partial charge on any atom is -0.475 e. The topological polar surface area (TPSA) is 98.7 Å². The lowest BCUT2D eigenvalue weighted by molar-refractivity contribution is -0.192. The molecule has 2 aromatic carbocycles. The normalized spacial score (nSPS) is 24.9. The summed E-state index contributed by atoms with van der Waals surface area (Å²) in [6, 6.07) is 8.73. The summed E-state index contributed by atoms with van der Waals surface area (Å²) in [4.78, 5) is 38.9. The van der Waals surface area contributed by atoms with Crippen molar-refractivity contribution in [3.05, 3.63) is 63.4 Å². The first-order valence-electron chi connectivity index (χ1n) is 14.3. The highest BCUT2D eigenvalue weighted by atomic mass is 35.5. The van der Waals surface area contributed by atoms with Gasteiger partial charge in [-0.1, -0.05) is 62.2 Å². The van der Waals surface area contributed by atoms with Gasteiger partial charge in [-0.3, -0.25) is 9.59 Å². The fourth-order valence-corrected chi connectivity index (χ4v) is 7.08. The average Bonchev–Trinajstić information content (AvgIpc) is 3.37. The number of Topliss-reactive ketones (excluding diaryl/α,β-unsaturated/α-hetero) is 1. The van der Waals surface area contributed by atoms with E-state index in [-0.39, 0.29) is 40.0 Å². The van der Waals surface area contributed by atoms with Crippen LogP contribution in [0.4, 0.5) is 27.6 Å². The largest absolute Gasteiger partial charge is 0.490 e. The average molecular weight is 679 g/mol. The van der Waals surface area contributed by atoms with Crippen molar-refractivity contribution < 1.29 is 41.4 Å². The number of hydrogen-bond acceptors (Lipinski definition) is 5. The summed E-state index contributed by atoms with van der Waals surface area (Å²) in [6.07, 6.45) is -4.24. The Morgan fingerprint density at radius 3 is 2.33 bits per heavy atom. The molecule has 3 N–H and O–H groups in total. The van der Waals surface area contributed by atoms with Gasteiger partial charge in [-0.05, 0) is 47.1 Å². The third-order valence-corrected chi connectivity index (χ3v) is 8.98. The summed E-state index contributed by atoms with van der Waals surface area (Å²) in [5.74, 6) is -4.47. The number of benzene rings is 2. The van der Waals surface area contributed by atoms with Crippen molar-refractivity contribution in [1.82, 2.24) is 10.2 Å². The fraction of sp³-hybridized carbons (Fsp3) is 0.516. The summed E-state index contributed by atoms with van der Waals surface area (Å²) < 4.78 is 60.2. The van der Waals surface area contributed by atoms with Crippen molar-refractivity contribution in [2.24, 2.45) is 11.3 Å². The van der Waals surface area contributed by atoms with Gasteiger partial charge < -0.3 is 20.6 Å². The number of aliphatic carboxylic acids is 1. The molecule has 0 unspecified atom stereocenters. The van der Waals surface area contributed by atoms with Gasteiger partial charge in [0.2, 0.25) is 5.91 Å². The molecule has 3 heterocycles. The molecule has 2 saturated heterocycles. The van der Waals surface area contributed by atoms with Gasteiger partial charge in [-0.2, -0.15) is 13.2 Å². The number of nitrogens with zero attached hydrogens (tertiary/aromatic N) is 1. The maximum Gasteiger partial charge on any atom is 0.490 e. The van der Waals surface area contributed by atoms with E-state index in [4.69, 9.17) is 33.1 Å². The predicted molar refractivity (Wildman–Crippen MR) is 160 cm³/mol. The third kappa shape index (κ3) is 7.13. The van der Waals surface area contributed by atoms with Crippen LogP contribution in [0.25, 0.3) is 0 Å². The number of ketones is 1. The molecule has 0 bridgehead atoms. The van der Waals surface area contributed by atoms with Crippen LogP contribution < -0.4 is 10.6 Å². The standard InChI is InChI=1S/C29H33Cl2F2N3O2.C2HF3O2/c1-28(2,3)13-23-29(19-8-7-17(30)12-21(19)34-27(29)38)24(18-5-4-6-20(31)25(18)33)26(35-23)22(37)11-16-14-36(15-16)10-9-32;3-2(4,5)1(6)7/h4-8,12,16,23-24,26,35H,9-11,13-15H2,1-3H3,(H,34,38);(H,6,7)/t23-,24+,26+,29+;/m1./s1. The predicted octanol–water partition coefficient (Wildman–Crippen LogP) is 6.38. The first-order valence-corrected chi connectivity index (χ1v) is 15.1. The van der Waals surface area contributed by atoms with Gasteiger partial charge in [-0.25, -0.2) is 13.6 Å². The number of carbonyl (C=O) groups excluding carboxylic acids is 2.